The fourth-order valence-electron chi connectivity index (χ4n) is 4.32. The van der Waals surface area contributed by atoms with Crippen molar-refractivity contribution >= 4 is 11.7 Å². The Kier molecular flexibility index (Phi) is 9.61. The van der Waals surface area contributed by atoms with Gasteiger partial charge in [0, 0.05) is 19.0 Å². The average Bonchev–Trinajstić information content (AvgIpc) is 2.81. The number of nitrogens with one attached hydrogen (secondary N) is 1. The highest BCUT2D eigenvalue weighted by molar-refractivity contribution is 5.91. The molecule has 0 aromatic heterocycles. The highest BCUT2D eigenvalue weighted by Crippen LogP contribution is 2.12. The molecule has 0 bridgehead atoms. The topological polar surface area (TPSA) is 101 Å². The molecule has 5 N–H and O–H groups in total. The zero-order valence-electron chi connectivity index (χ0n) is 19.7. The minimum absolute atomic E-state index is 0.0158. The first-order valence-electron chi connectivity index (χ1n) is 12.1. The Morgan fingerprint density at radius 3 is 2.42 bits per heavy atom. The minimum Gasteiger partial charge on any atom is -0.345 e. The summed E-state index contributed by atoms with van der Waals surface area (Å²) in [5.41, 5.74) is 15.4. The van der Waals surface area contributed by atoms with Gasteiger partial charge in [0.1, 0.15) is 0 Å². The minimum atomic E-state index is -0.633. The molecule has 0 aliphatic carbocycles. The van der Waals surface area contributed by atoms with Crippen molar-refractivity contribution in [3.63, 3.8) is 0 Å². The van der Waals surface area contributed by atoms with Crippen molar-refractivity contribution < 1.29 is 9.59 Å². The van der Waals surface area contributed by atoms with Crippen molar-refractivity contribution in [3.05, 3.63) is 71.3 Å². The molecule has 1 heterocycles. The van der Waals surface area contributed by atoms with Gasteiger partial charge in [0.05, 0.1) is 12.1 Å². The number of aryl methyl sites for hydroxylation is 2. The van der Waals surface area contributed by atoms with Gasteiger partial charge >= 0.3 is 0 Å². The molecule has 33 heavy (non-hydrogen) atoms. The smallest absolute Gasteiger partial charge is 0.237 e. The Balaban J connectivity index is 1.58. The molecule has 2 aromatic rings. The lowest BCUT2D eigenvalue weighted by Gasteiger charge is -2.30. The van der Waals surface area contributed by atoms with Gasteiger partial charge in [-0.15, -0.1) is 0 Å². The monoisotopic (exact) mass is 450 g/mol. The third-order valence-corrected chi connectivity index (χ3v) is 6.46. The second-order valence-electron chi connectivity index (χ2n) is 9.29. The first-order valence-corrected chi connectivity index (χ1v) is 12.1. The summed E-state index contributed by atoms with van der Waals surface area (Å²) in [7, 11) is 0. The highest BCUT2D eigenvalue weighted by atomic mass is 16.2. The number of ketones is 1. The maximum atomic E-state index is 13.2. The zero-order chi connectivity index (χ0) is 23.6. The van der Waals surface area contributed by atoms with E-state index in [0.717, 1.165) is 49.2 Å². The average molecular weight is 451 g/mol. The van der Waals surface area contributed by atoms with Crippen molar-refractivity contribution in [1.29, 1.82) is 0 Å². The van der Waals surface area contributed by atoms with Crippen molar-refractivity contribution in [2.24, 2.45) is 11.5 Å². The van der Waals surface area contributed by atoms with Crippen molar-refractivity contribution in [1.82, 2.24) is 10.2 Å². The molecule has 6 nitrogen and oxygen atoms in total. The van der Waals surface area contributed by atoms with Crippen LogP contribution < -0.4 is 16.8 Å². The van der Waals surface area contributed by atoms with E-state index in [2.05, 4.69) is 10.2 Å². The van der Waals surface area contributed by atoms with Gasteiger partial charge in [-0.2, -0.15) is 0 Å². The Bertz CT molecular complexity index is 894. The Morgan fingerprint density at radius 1 is 1.03 bits per heavy atom. The van der Waals surface area contributed by atoms with Crippen LogP contribution in [0.15, 0.2) is 54.6 Å². The number of rotatable bonds is 11. The zero-order valence-corrected chi connectivity index (χ0v) is 19.7. The number of Topliss-reactive ketones (excluding diaryl/α,β-unsaturated/α-hetero) is 1. The largest absolute Gasteiger partial charge is 0.345 e. The van der Waals surface area contributed by atoms with E-state index >= 15 is 0 Å². The summed E-state index contributed by atoms with van der Waals surface area (Å²) in [6.45, 7) is 4.68. The lowest BCUT2D eigenvalue weighted by Crippen LogP contribution is -2.50. The van der Waals surface area contributed by atoms with E-state index in [-0.39, 0.29) is 17.7 Å². The van der Waals surface area contributed by atoms with Crippen LogP contribution in [0.25, 0.3) is 0 Å². The molecule has 1 fully saturated rings. The number of likely N-dealkylation sites (tertiary alicyclic amines) is 1. The van der Waals surface area contributed by atoms with E-state index in [1.54, 1.807) is 0 Å². The number of carbonyl (C=O) groups is 2. The van der Waals surface area contributed by atoms with E-state index < -0.39 is 12.1 Å². The number of nitrogens with zero attached hydrogens (tertiary/aromatic N) is 1. The third-order valence-electron chi connectivity index (χ3n) is 6.46. The Labute approximate surface area is 197 Å². The molecule has 1 saturated heterocycles. The van der Waals surface area contributed by atoms with Gasteiger partial charge in [0.25, 0.3) is 0 Å². The van der Waals surface area contributed by atoms with Gasteiger partial charge in [-0.3, -0.25) is 9.59 Å². The Hall–Kier alpha value is -2.54. The summed E-state index contributed by atoms with van der Waals surface area (Å²) in [5, 5.41) is 2.96. The lowest BCUT2D eigenvalue weighted by molar-refractivity contribution is -0.128. The normalized spacial score (nSPS) is 16.8. The standard InChI is InChI=1S/C27H38N4O2/c1-20-6-5-9-22(18-20)19-26(32)25(11-10-21-7-3-2-4-8-21)30-27(33)24(29)14-17-31-15-12-23(28)13-16-31/h2-9,18,23-25H,10-17,19,28-29H2,1H3,(H,30,33)/t24-,25-/m0/s1. The summed E-state index contributed by atoms with van der Waals surface area (Å²) in [6.07, 6.45) is 4.10. The number of amides is 1. The van der Waals surface area contributed by atoms with Crippen LogP contribution in [0.4, 0.5) is 0 Å². The molecule has 0 saturated carbocycles. The van der Waals surface area contributed by atoms with E-state index in [1.807, 2.05) is 61.5 Å². The lowest BCUT2D eigenvalue weighted by atomic mass is 9.96. The molecule has 0 spiro atoms. The predicted octanol–water partition coefficient (Wildman–Crippen LogP) is 2.36. The van der Waals surface area contributed by atoms with Crippen LogP contribution in [-0.4, -0.2) is 54.4 Å². The summed E-state index contributed by atoms with van der Waals surface area (Å²) in [4.78, 5) is 28.3. The Morgan fingerprint density at radius 2 is 1.73 bits per heavy atom. The molecule has 3 rings (SSSR count). The summed E-state index contributed by atoms with van der Waals surface area (Å²) in [5.74, 6) is -0.235. The van der Waals surface area contributed by atoms with Crippen LogP contribution >= 0.6 is 0 Å². The fraction of sp³-hybridized carbons (Fsp3) is 0.481. The van der Waals surface area contributed by atoms with Crippen LogP contribution in [0.3, 0.4) is 0 Å². The van der Waals surface area contributed by atoms with Crippen LogP contribution in [0.1, 0.15) is 42.4 Å². The summed E-state index contributed by atoms with van der Waals surface area (Å²) in [6, 6.07) is 17.1. The predicted molar refractivity (Wildman–Crippen MR) is 133 cm³/mol. The molecule has 1 amide bonds. The van der Waals surface area contributed by atoms with Crippen LogP contribution in [0, 0.1) is 6.92 Å². The molecule has 1 aliphatic heterocycles. The van der Waals surface area contributed by atoms with Gasteiger partial charge in [-0.1, -0.05) is 60.2 Å². The number of hydrogen-bond donors (Lipinski definition) is 3. The quantitative estimate of drug-likeness (QED) is 0.488. The maximum Gasteiger partial charge on any atom is 0.237 e. The van der Waals surface area contributed by atoms with Gasteiger partial charge in [0.2, 0.25) is 5.91 Å². The number of piperidine rings is 1. The van der Waals surface area contributed by atoms with E-state index in [9.17, 15) is 9.59 Å². The molecule has 1 aliphatic rings. The van der Waals surface area contributed by atoms with Crippen LogP contribution in [0.5, 0.6) is 0 Å². The van der Waals surface area contributed by atoms with Crippen molar-refractivity contribution in [2.45, 2.75) is 63.6 Å². The highest BCUT2D eigenvalue weighted by Gasteiger charge is 2.25. The number of hydrogen-bond acceptors (Lipinski definition) is 5. The molecular formula is C27H38N4O2. The first-order chi connectivity index (χ1) is 15.9. The number of carbonyl (C=O) groups excluding carboxylic acids is 2. The van der Waals surface area contributed by atoms with Crippen molar-refractivity contribution in [3.8, 4) is 0 Å². The third kappa shape index (κ3) is 8.39. The van der Waals surface area contributed by atoms with Gasteiger partial charge < -0.3 is 21.7 Å². The second-order valence-corrected chi connectivity index (χ2v) is 9.29. The van der Waals surface area contributed by atoms with Crippen LogP contribution in [0.2, 0.25) is 0 Å². The second kappa shape index (κ2) is 12.6. The van der Waals surface area contributed by atoms with Crippen LogP contribution in [-0.2, 0) is 22.4 Å². The summed E-state index contributed by atoms with van der Waals surface area (Å²) < 4.78 is 0. The fourth-order valence-corrected chi connectivity index (χ4v) is 4.32. The van der Waals surface area contributed by atoms with Gasteiger partial charge in [0.15, 0.2) is 5.78 Å². The first kappa shape index (κ1) is 25.1. The van der Waals surface area contributed by atoms with Gasteiger partial charge in [-0.05, 0) is 63.2 Å². The molecule has 178 valence electrons. The molecule has 6 heteroatoms. The van der Waals surface area contributed by atoms with E-state index in [0.29, 0.717) is 25.7 Å². The molecule has 2 atom stereocenters. The van der Waals surface area contributed by atoms with Gasteiger partial charge in [-0.25, -0.2) is 0 Å². The SMILES string of the molecule is Cc1cccc(CC(=O)[C@H](CCc2ccccc2)NC(=O)[C@@H](N)CCN2CCC(N)CC2)c1. The maximum absolute atomic E-state index is 13.2. The molecule has 0 unspecified atom stereocenters. The molecule has 2 aromatic carbocycles. The van der Waals surface area contributed by atoms with Crippen molar-refractivity contribution in [2.75, 3.05) is 19.6 Å². The van der Waals surface area contributed by atoms with E-state index in [4.69, 9.17) is 11.5 Å². The number of benzene rings is 2. The van der Waals surface area contributed by atoms with E-state index in [1.165, 1.54) is 0 Å². The molecule has 0 radical (unpaired) electrons. The molecular weight excluding hydrogens is 412 g/mol. The number of nitrogens with two attached hydrogens (primary N) is 2. The summed E-state index contributed by atoms with van der Waals surface area (Å²) >= 11 is 0.